The van der Waals surface area contributed by atoms with E-state index in [0.717, 1.165) is 5.56 Å². The van der Waals surface area contributed by atoms with Crippen molar-refractivity contribution >= 4 is 21.8 Å². The normalized spacial score (nSPS) is 11.1. The quantitative estimate of drug-likeness (QED) is 0.838. The fourth-order valence-corrected chi connectivity index (χ4v) is 1.38. The van der Waals surface area contributed by atoms with Crippen molar-refractivity contribution < 1.29 is 14.6 Å². The van der Waals surface area contributed by atoms with Crippen molar-refractivity contribution in [3.63, 3.8) is 0 Å². The van der Waals surface area contributed by atoms with Crippen molar-refractivity contribution in [2.24, 2.45) is 0 Å². The average Bonchev–Trinajstić information content (AvgIpc) is 2.24. The lowest BCUT2D eigenvalue weighted by Crippen LogP contribution is -2.36. The highest BCUT2D eigenvalue weighted by atomic mass is 79.9. The van der Waals surface area contributed by atoms with Crippen LogP contribution >= 0.6 is 15.9 Å². The number of halogens is 1. The third-order valence-electron chi connectivity index (χ3n) is 2.24. The molecule has 5 heteroatoms. The number of hydrogen-bond donors (Lipinski definition) is 2. The lowest BCUT2D eigenvalue weighted by Gasteiger charge is -2.16. The van der Waals surface area contributed by atoms with Gasteiger partial charge in [0.25, 0.3) is 0 Å². The van der Waals surface area contributed by atoms with E-state index in [2.05, 4.69) is 21.2 Å². The zero-order chi connectivity index (χ0) is 13.1. The van der Waals surface area contributed by atoms with E-state index in [4.69, 9.17) is 4.74 Å². The van der Waals surface area contributed by atoms with Crippen LogP contribution in [0, 0.1) is 0 Å². The average molecular weight is 302 g/mol. The molecule has 0 aromatic heterocycles. The first-order chi connectivity index (χ1) is 7.84. The largest absolute Gasteiger partial charge is 0.504 e. The maximum absolute atomic E-state index is 11.6. The number of methoxy groups -OCH3 is 1. The standard InChI is InChI=1S/C12H16BrNO3/c1-12(2,13)11(16)14-7-8-4-5-10(17-3)9(15)6-8/h4-6,15H,7H2,1-3H3,(H,14,16). The second-order valence-electron chi connectivity index (χ2n) is 4.16. The van der Waals surface area contributed by atoms with E-state index in [-0.39, 0.29) is 11.7 Å². The monoisotopic (exact) mass is 301 g/mol. The van der Waals surface area contributed by atoms with Crippen LogP contribution < -0.4 is 10.1 Å². The number of amides is 1. The van der Waals surface area contributed by atoms with E-state index in [1.165, 1.54) is 7.11 Å². The molecule has 4 nitrogen and oxygen atoms in total. The number of benzene rings is 1. The first-order valence-electron chi connectivity index (χ1n) is 5.17. The van der Waals surface area contributed by atoms with Gasteiger partial charge in [-0.1, -0.05) is 22.0 Å². The van der Waals surface area contributed by atoms with E-state index in [9.17, 15) is 9.90 Å². The molecule has 1 aromatic carbocycles. The maximum Gasteiger partial charge on any atom is 0.236 e. The highest BCUT2D eigenvalue weighted by Crippen LogP contribution is 2.26. The molecule has 0 spiro atoms. The number of alkyl halides is 1. The molecule has 2 N–H and O–H groups in total. The number of carbonyl (C=O) groups is 1. The van der Waals surface area contributed by atoms with Gasteiger partial charge in [-0.2, -0.15) is 0 Å². The Hall–Kier alpha value is -1.23. The van der Waals surface area contributed by atoms with Gasteiger partial charge >= 0.3 is 0 Å². The predicted molar refractivity (Wildman–Crippen MR) is 69.5 cm³/mol. The summed E-state index contributed by atoms with van der Waals surface area (Å²) in [5, 5.41) is 12.3. The fourth-order valence-electron chi connectivity index (χ4n) is 1.24. The summed E-state index contributed by atoms with van der Waals surface area (Å²) in [7, 11) is 1.49. The summed E-state index contributed by atoms with van der Waals surface area (Å²) in [6.45, 7) is 3.91. The zero-order valence-corrected chi connectivity index (χ0v) is 11.7. The molecule has 17 heavy (non-hydrogen) atoms. The summed E-state index contributed by atoms with van der Waals surface area (Å²) < 4.78 is 4.34. The number of rotatable bonds is 4. The predicted octanol–water partition coefficient (Wildman–Crippen LogP) is 2.19. The molecule has 0 bridgehead atoms. The summed E-state index contributed by atoms with van der Waals surface area (Å²) in [6, 6.07) is 5.02. The number of hydrogen-bond acceptors (Lipinski definition) is 3. The highest BCUT2D eigenvalue weighted by Gasteiger charge is 2.22. The van der Waals surface area contributed by atoms with Gasteiger partial charge in [0.1, 0.15) is 0 Å². The Balaban J connectivity index is 2.65. The minimum Gasteiger partial charge on any atom is -0.504 e. The number of phenolic OH excluding ortho intramolecular Hbond substituents is 1. The zero-order valence-electron chi connectivity index (χ0n) is 10.1. The van der Waals surface area contributed by atoms with Gasteiger partial charge in [0.05, 0.1) is 11.4 Å². The Morgan fingerprint density at radius 3 is 2.65 bits per heavy atom. The SMILES string of the molecule is COc1ccc(CNC(=O)C(C)(C)Br)cc1O. The van der Waals surface area contributed by atoms with Crippen LogP contribution in [0.15, 0.2) is 18.2 Å². The Morgan fingerprint density at radius 1 is 1.53 bits per heavy atom. The second kappa shape index (κ2) is 5.40. The Labute approximate surface area is 109 Å². The van der Waals surface area contributed by atoms with Gasteiger partial charge in [-0.05, 0) is 31.5 Å². The first-order valence-corrected chi connectivity index (χ1v) is 5.97. The van der Waals surface area contributed by atoms with Crippen LogP contribution in [0.4, 0.5) is 0 Å². The van der Waals surface area contributed by atoms with E-state index >= 15 is 0 Å². The minimum absolute atomic E-state index is 0.0670. The molecule has 0 aliphatic carbocycles. The van der Waals surface area contributed by atoms with Crippen LogP contribution in [0.1, 0.15) is 19.4 Å². The summed E-state index contributed by atoms with van der Waals surface area (Å²) in [5.41, 5.74) is 0.813. The fraction of sp³-hybridized carbons (Fsp3) is 0.417. The van der Waals surface area contributed by atoms with Crippen LogP contribution in [0.2, 0.25) is 0 Å². The van der Waals surface area contributed by atoms with Gasteiger partial charge in [-0.25, -0.2) is 0 Å². The summed E-state index contributed by atoms with van der Waals surface area (Å²) in [6.07, 6.45) is 0. The van der Waals surface area contributed by atoms with E-state index in [0.29, 0.717) is 12.3 Å². The second-order valence-corrected chi connectivity index (χ2v) is 6.14. The molecule has 1 rings (SSSR count). The molecule has 0 aliphatic heterocycles. The van der Waals surface area contributed by atoms with Crippen LogP contribution in [0.5, 0.6) is 11.5 Å². The van der Waals surface area contributed by atoms with Crippen molar-refractivity contribution in [2.45, 2.75) is 24.7 Å². The third-order valence-corrected chi connectivity index (χ3v) is 2.60. The molecule has 0 atom stereocenters. The van der Waals surface area contributed by atoms with Crippen molar-refractivity contribution in [3.05, 3.63) is 23.8 Å². The van der Waals surface area contributed by atoms with Gasteiger partial charge in [0.2, 0.25) is 5.91 Å². The first kappa shape index (κ1) is 13.8. The van der Waals surface area contributed by atoms with Crippen LogP contribution in [0.25, 0.3) is 0 Å². The molecular formula is C12H16BrNO3. The minimum atomic E-state index is -0.596. The van der Waals surface area contributed by atoms with Crippen LogP contribution in [-0.2, 0) is 11.3 Å². The summed E-state index contributed by atoms with van der Waals surface area (Å²) in [5.74, 6) is 0.381. The van der Waals surface area contributed by atoms with Gasteiger partial charge in [0, 0.05) is 6.54 Å². The van der Waals surface area contributed by atoms with Crippen molar-refractivity contribution in [1.82, 2.24) is 5.32 Å². The Kier molecular flexibility index (Phi) is 4.40. The van der Waals surface area contributed by atoms with Gasteiger partial charge in [0.15, 0.2) is 11.5 Å². The number of aromatic hydroxyl groups is 1. The molecule has 1 amide bonds. The third kappa shape index (κ3) is 3.93. The molecule has 0 heterocycles. The van der Waals surface area contributed by atoms with Gasteiger partial charge in [-0.3, -0.25) is 4.79 Å². The molecule has 1 aromatic rings. The molecule has 0 saturated heterocycles. The van der Waals surface area contributed by atoms with Crippen molar-refractivity contribution in [1.29, 1.82) is 0 Å². The number of phenols is 1. The molecule has 0 unspecified atom stereocenters. The lowest BCUT2D eigenvalue weighted by atomic mass is 10.1. The molecule has 0 radical (unpaired) electrons. The van der Waals surface area contributed by atoms with Crippen molar-refractivity contribution in [2.75, 3.05) is 7.11 Å². The Morgan fingerprint density at radius 2 is 2.18 bits per heavy atom. The lowest BCUT2D eigenvalue weighted by molar-refractivity contribution is -0.122. The van der Waals surface area contributed by atoms with Gasteiger partial charge in [-0.15, -0.1) is 0 Å². The molecule has 0 aliphatic rings. The van der Waals surface area contributed by atoms with Gasteiger partial charge < -0.3 is 15.2 Å². The number of ether oxygens (including phenoxy) is 1. The Bertz CT molecular complexity index is 413. The van der Waals surface area contributed by atoms with Crippen LogP contribution in [-0.4, -0.2) is 22.4 Å². The summed E-state index contributed by atoms with van der Waals surface area (Å²) >= 11 is 3.27. The smallest absolute Gasteiger partial charge is 0.236 e. The van der Waals surface area contributed by atoms with E-state index in [1.54, 1.807) is 32.0 Å². The molecule has 0 fully saturated rings. The number of nitrogens with one attached hydrogen (secondary N) is 1. The van der Waals surface area contributed by atoms with E-state index < -0.39 is 4.32 Å². The molecular weight excluding hydrogens is 286 g/mol. The maximum atomic E-state index is 11.6. The van der Waals surface area contributed by atoms with E-state index in [1.807, 2.05) is 0 Å². The summed E-state index contributed by atoms with van der Waals surface area (Å²) in [4.78, 5) is 11.6. The van der Waals surface area contributed by atoms with Crippen molar-refractivity contribution in [3.8, 4) is 11.5 Å². The molecule has 0 saturated carbocycles. The highest BCUT2D eigenvalue weighted by molar-refractivity contribution is 9.10. The number of carbonyl (C=O) groups excluding carboxylic acids is 1. The molecule has 94 valence electrons. The van der Waals surface area contributed by atoms with Crippen LogP contribution in [0.3, 0.4) is 0 Å². The topological polar surface area (TPSA) is 58.6 Å².